The SMILES string of the molecule is CCN(CC(=O)Nc1nc(-c2ccccc2)cn1-c1ccc(C)cc1)C(=O)c1ccc(Cl)cc1. The first-order valence-electron chi connectivity index (χ1n) is 11.0. The van der Waals surface area contributed by atoms with Crippen molar-refractivity contribution in [2.24, 2.45) is 0 Å². The van der Waals surface area contributed by atoms with Crippen molar-refractivity contribution in [2.75, 3.05) is 18.4 Å². The number of carbonyl (C=O) groups is 2. The molecule has 2 amide bonds. The molecule has 0 spiro atoms. The van der Waals surface area contributed by atoms with Gasteiger partial charge in [-0.1, -0.05) is 59.6 Å². The summed E-state index contributed by atoms with van der Waals surface area (Å²) in [5, 5.41) is 3.44. The summed E-state index contributed by atoms with van der Waals surface area (Å²) >= 11 is 5.93. The van der Waals surface area contributed by atoms with Gasteiger partial charge in [-0.25, -0.2) is 4.98 Å². The minimum absolute atomic E-state index is 0.0978. The molecule has 0 fully saturated rings. The van der Waals surface area contributed by atoms with Crippen molar-refractivity contribution in [1.82, 2.24) is 14.5 Å². The fourth-order valence-electron chi connectivity index (χ4n) is 3.56. The molecule has 0 radical (unpaired) electrons. The minimum atomic E-state index is -0.331. The van der Waals surface area contributed by atoms with Crippen LogP contribution in [0.25, 0.3) is 16.9 Å². The van der Waals surface area contributed by atoms with E-state index < -0.39 is 0 Å². The minimum Gasteiger partial charge on any atom is -0.330 e. The Bertz CT molecular complexity index is 1280. The fraction of sp³-hybridized carbons (Fsp3) is 0.148. The molecule has 0 bridgehead atoms. The maximum atomic E-state index is 13.0. The van der Waals surface area contributed by atoms with Crippen LogP contribution in [0.15, 0.2) is 85.1 Å². The summed E-state index contributed by atoms with van der Waals surface area (Å²) < 4.78 is 1.84. The van der Waals surface area contributed by atoms with E-state index in [2.05, 4.69) is 10.3 Å². The van der Waals surface area contributed by atoms with Crippen LogP contribution < -0.4 is 5.32 Å². The number of nitrogens with zero attached hydrogens (tertiary/aromatic N) is 3. The number of rotatable bonds is 7. The van der Waals surface area contributed by atoms with Gasteiger partial charge in [0.05, 0.1) is 5.69 Å². The number of anilines is 1. The van der Waals surface area contributed by atoms with Gasteiger partial charge in [0.25, 0.3) is 5.91 Å². The molecule has 3 aromatic carbocycles. The highest BCUT2D eigenvalue weighted by atomic mass is 35.5. The molecular formula is C27H25ClN4O2. The molecule has 7 heteroatoms. The van der Waals surface area contributed by atoms with Crippen LogP contribution >= 0.6 is 11.6 Å². The molecule has 34 heavy (non-hydrogen) atoms. The molecule has 1 N–H and O–H groups in total. The number of benzene rings is 3. The van der Waals surface area contributed by atoms with Gasteiger partial charge in [0.2, 0.25) is 11.9 Å². The molecule has 1 aromatic heterocycles. The normalized spacial score (nSPS) is 10.7. The molecule has 172 valence electrons. The van der Waals surface area contributed by atoms with E-state index in [-0.39, 0.29) is 18.4 Å². The smallest absolute Gasteiger partial charge is 0.254 e. The Balaban J connectivity index is 1.58. The molecule has 0 saturated heterocycles. The van der Waals surface area contributed by atoms with Crippen LogP contribution in [0.2, 0.25) is 5.02 Å². The third-order valence-corrected chi connectivity index (χ3v) is 5.69. The Morgan fingerprint density at radius 1 is 0.971 bits per heavy atom. The molecule has 1 heterocycles. The number of halogens is 1. The molecule has 4 rings (SSSR count). The zero-order valence-electron chi connectivity index (χ0n) is 19.0. The van der Waals surface area contributed by atoms with Crippen molar-refractivity contribution >= 4 is 29.4 Å². The van der Waals surface area contributed by atoms with Crippen molar-refractivity contribution in [3.63, 3.8) is 0 Å². The van der Waals surface area contributed by atoms with Gasteiger partial charge >= 0.3 is 0 Å². The van der Waals surface area contributed by atoms with Gasteiger partial charge < -0.3 is 4.90 Å². The Hall–Kier alpha value is -3.90. The maximum absolute atomic E-state index is 13.0. The maximum Gasteiger partial charge on any atom is 0.254 e. The van der Waals surface area contributed by atoms with Crippen LogP contribution in [0.5, 0.6) is 0 Å². The van der Waals surface area contributed by atoms with Crippen LogP contribution in [0, 0.1) is 6.92 Å². The van der Waals surface area contributed by atoms with E-state index in [9.17, 15) is 9.59 Å². The van der Waals surface area contributed by atoms with Gasteiger partial charge in [-0.15, -0.1) is 0 Å². The summed E-state index contributed by atoms with van der Waals surface area (Å²) in [7, 11) is 0. The molecule has 6 nitrogen and oxygen atoms in total. The summed E-state index contributed by atoms with van der Waals surface area (Å²) in [4.78, 5) is 32.0. The molecule has 0 aliphatic rings. The summed E-state index contributed by atoms with van der Waals surface area (Å²) in [6, 6.07) is 24.4. The molecule has 4 aromatic rings. The first-order chi connectivity index (χ1) is 16.4. The average molecular weight is 473 g/mol. The highest BCUT2D eigenvalue weighted by Gasteiger charge is 2.20. The highest BCUT2D eigenvalue weighted by Crippen LogP contribution is 2.24. The van der Waals surface area contributed by atoms with E-state index in [1.165, 1.54) is 4.90 Å². The number of imidazole rings is 1. The number of aromatic nitrogens is 2. The third-order valence-electron chi connectivity index (χ3n) is 5.43. The van der Waals surface area contributed by atoms with Crippen molar-refractivity contribution in [2.45, 2.75) is 13.8 Å². The lowest BCUT2D eigenvalue weighted by Crippen LogP contribution is -2.38. The predicted molar refractivity (Wildman–Crippen MR) is 135 cm³/mol. The first kappa shape index (κ1) is 23.3. The number of carbonyl (C=O) groups excluding carboxylic acids is 2. The van der Waals surface area contributed by atoms with E-state index in [1.807, 2.05) is 79.2 Å². The zero-order chi connectivity index (χ0) is 24.1. The second-order valence-corrected chi connectivity index (χ2v) is 8.33. The van der Waals surface area contributed by atoms with Crippen LogP contribution in [0.1, 0.15) is 22.8 Å². The average Bonchev–Trinajstić information content (AvgIpc) is 3.27. The van der Waals surface area contributed by atoms with E-state index >= 15 is 0 Å². The van der Waals surface area contributed by atoms with Crippen LogP contribution in [0.4, 0.5) is 5.95 Å². The van der Waals surface area contributed by atoms with Crippen LogP contribution in [-0.2, 0) is 4.79 Å². The number of hydrogen-bond acceptors (Lipinski definition) is 3. The molecule has 0 aliphatic heterocycles. The van der Waals surface area contributed by atoms with Gasteiger partial charge in [-0.3, -0.25) is 19.5 Å². The fourth-order valence-corrected chi connectivity index (χ4v) is 3.68. The van der Waals surface area contributed by atoms with E-state index in [1.54, 1.807) is 24.3 Å². The summed E-state index contributed by atoms with van der Waals surface area (Å²) in [5.74, 6) is -0.174. The quantitative estimate of drug-likeness (QED) is 0.380. The molecule has 0 unspecified atom stereocenters. The Morgan fingerprint density at radius 2 is 1.65 bits per heavy atom. The molecule has 0 aliphatic carbocycles. The van der Waals surface area contributed by atoms with Gasteiger partial charge in [0.1, 0.15) is 6.54 Å². The Labute approximate surface area is 203 Å². The lowest BCUT2D eigenvalue weighted by Gasteiger charge is -2.20. The number of likely N-dealkylation sites (N-methyl/N-ethyl adjacent to an activating group) is 1. The van der Waals surface area contributed by atoms with Gasteiger partial charge in [0, 0.05) is 34.6 Å². The lowest BCUT2D eigenvalue weighted by atomic mass is 10.2. The van der Waals surface area contributed by atoms with Crippen molar-refractivity contribution in [3.05, 3.63) is 101 Å². The number of aryl methyl sites for hydroxylation is 1. The third kappa shape index (κ3) is 5.35. The first-order valence-corrected chi connectivity index (χ1v) is 11.4. The zero-order valence-corrected chi connectivity index (χ0v) is 19.8. The lowest BCUT2D eigenvalue weighted by molar-refractivity contribution is -0.116. The standard InChI is InChI=1S/C27H25ClN4O2/c1-3-31(26(34)21-11-13-22(28)14-12-21)18-25(33)30-27-29-24(20-7-5-4-6-8-20)17-32(27)23-15-9-19(2)10-16-23/h4-17H,3,18H2,1-2H3,(H,29,30,33). The van der Waals surface area contributed by atoms with Gasteiger partial charge in [-0.05, 0) is 50.2 Å². The second kappa shape index (κ2) is 10.4. The largest absolute Gasteiger partial charge is 0.330 e. The molecular weight excluding hydrogens is 448 g/mol. The van der Waals surface area contributed by atoms with E-state index in [0.29, 0.717) is 23.1 Å². The van der Waals surface area contributed by atoms with Crippen LogP contribution in [0.3, 0.4) is 0 Å². The highest BCUT2D eigenvalue weighted by molar-refractivity contribution is 6.30. The number of amides is 2. The predicted octanol–water partition coefficient (Wildman–Crippen LogP) is 5.60. The second-order valence-electron chi connectivity index (χ2n) is 7.90. The Morgan fingerprint density at radius 3 is 2.29 bits per heavy atom. The van der Waals surface area contributed by atoms with Gasteiger partial charge in [-0.2, -0.15) is 0 Å². The summed E-state index contributed by atoms with van der Waals surface area (Å²) in [5.41, 5.74) is 4.17. The van der Waals surface area contributed by atoms with Crippen molar-refractivity contribution in [3.8, 4) is 16.9 Å². The number of hydrogen-bond donors (Lipinski definition) is 1. The molecule has 0 atom stereocenters. The van der Waals surface area contributed by atoms with Crippen LogP contribution in [-0.4, -0.2) is 39.4 Å². The summed E-state index contributed by atoms with van der Waals surface area (Å²) in [6.45, 7) is 4.14. The van der Waals surface area contributed by atoms with E-state index in [4.69, 9.17) is 11.6 Å². The topological polar surface area (TPSA) is 67.2 Å². The Kier molecular flexibility index (Phi) is 7.09. The number of nitrogens with one attached hydrogen (secondary N) is 1. The van der Waals surface area contributed by atoms with Gasteiger partial charge in [0.15, 0.2) is 0 Å². The van der Waals surface area contributed by atoms with E-state index in [0.717, 1.165) is 22.5 Å². The molecule has 0 saturated carbocycles. The van der Waals surface area contributed by atoms with Crippen molar-refractivity contribution < 1.29 is 9.59 Å². The monoisotopic (exact) mass is 472 g/mol. The van der Waals surface area contributed by atoms with Crippen molar-refractivity contribution in [1.29, 1.82) is 0 Å². The summed E-state index contributed by atoms with van der Waals surface area (Å²) in [6.07, 6.45) is 1.89.